The van der Waals surface area contributed by atoms with Gasteiger partial charge in [-0.15, -0.1) is 0 Å². The predicted molar refractivity (Wildman–Crippen MR) is 94.1 cm³/mol. The molecule has 2 fully saturated rings. The molecule has 3 aliphatic carbocycles. The van der Waals surface area contributed by atoms with Crippen molar-refractivity contribution in [3.05, 3.63) is 29.3 Å². The van der Waals surface area contributed by atoms with Crippen LogP contribution in [0.25, 0.3) is 0 Å². The number of aromatic hydroxyl groups is 1. The zero-order valence-corrected chi connectivity index (χ0v) is 14.9. The van der Waals surface area contributed by atoms with Gasteiger partial charge in [-0.25, -0.2) is 0 Å². The summed E-state index contributed by atoms with van der Waals surface area (Å²) in [5.41, 5.74) is 2.80. The Kier molecular flexibility index (Phi) is 4.12. The highest BCUT2D eigenvalue weighted by Gasteiger charge is 2.57. The molecule has 0 radical (unpaired) electrons. The van der Waals surface area contributed by atoms with Crippen molar-refractivity contribution in [1.82, 2.24) is 0 Å². The number of hydrogen-bond donors (Lipinski definition) is 2. The van der Waals surface area contributed by atoms with Gasteiger partial charge >= 0.3 is 0 Å². The Morgan fingerprint density at radius 2 is 2.08 bits per heavy atom. The van der Waals surface area contributed by atoms with Crippen LogP contribution in [-0.2, 0) is 11.2 Å². The molecule has 0 aromatic heterocycles. The van der Waals surface area contributed by atoms with E-state index >= 15 is 0 Å². The molecule has 1 aromatic rings. The molecule has 1 aromatic carbocycles. The molecule has 24 heavy (non-hydrogen) atoms. The molecule has 2 saturated carbocycles. The van der Waals surface area contributed by atoms with Crippen molar-refractivity contribution < 1.29 is 14.9 Å². The number of ether oxygens (including phenoxy) is 1. The first kappa shape index (κ1) is 16.4. The van der Waals surface area contributed by atoms with Crippen molar-refractivity contribution in [2.45, 2.75) is 58.0 Å². The molecule has 1 unspecified atom stereocenters. The van der Waals surface area contributed by atoms with E-state index in [1.807, 2.05) is 12.1 Å². The molecule has 4 rings (SSSR count). The second-order valence-electron chi connectivity index (χ2n) is 8.44. The van der Waals surface area contributed by atoms with Crippen LogP contribution in [0.5, 0.6) is 5.75 Å². The lowest BCUT2D eigenvalue weighted by Crippen LogP contribution is -2.49. The molecule has 0 spiro atoms. The Labute approximate surface area is 145 Å². The standard InChI is InChI=1S/C21H30O3/c1-3-24-12-14-11-21(2)18(8-9-19(21)23)17-6-4-13-10-15(22)5-7-16(13)20(14)17/h5,7,10,14,17-20,22-23H,3-4,6,8-9,11-12H2,1-2H3/t14-,17+,18+,19?,20-,21+/m1/s1. The van der Waals surface area contributed by atoms with Gasteiger partial charge < -0.3 is 14.9 Å². The molecule has 0 saturated heterocycles. The second kappa shape index (κ2) is 6.03. The third kappa shape index (κ3) is 2.40. The number of phenolic OH excluding ortho intramolecular Hbond substituents is 1. The number of benzene rings is 1. The van der Waals surface area contributed by atoms with Crippen molar-refractivity contribution in [2.75, 3.05) is 13.2 Å². The van der Waals surface area contributed by atoms with Gasteiger partial charge in [0.2, 0.25) is 0 Å². The fourth-order valence-electron chi connectivity index (χ4n) is 6.28. The summed E-state index contributed by atoms with van der Waals surface area (Å²) < 4.78 is 5.86. The monoisotopic (exact) mass is 330 g/mol. The molecule has 3 aliphatic rings. The van der Waals surface area contributed by atoms with Crippen LogP contribution in [0.4, 0.5) is 0 Å². The van der Waals surface area contributed by atoms with Gasteiger partial charge in [0.05, 0.1) is 6.10 Å². The SMILES string of the molecule is CCOC[C@H]1C[C@]2(C)C(O)CC[C@H]2[C@@H]2CCc3cc(O)ccc3[C@@H]12. The summed E-state index contributed by atoms with van der Waals surface area (Å²) in [6, 6.07) is 5.95. The molecule has 6 atom stereocenters. The number of aliphatic hydroxyl groups is 1. The third-order valence-corrected chi connectivity index (χ3v) is 7.32. The van der Waals surface area contributed by atoms with Gasteiger partial charge in [-0.3, -0.25) is 0 Å². The van der Waals surface area contributed by atoms with Crippen molar-refractivity contribution in [1.29, 1.82) is 0 Å². The lowest BCUT2D eigenvalue weighted by molar-refractivity contribution is -0.0663. The third-order valence-electron chi connectivity index (χ3n) is 7.32. The van der Waals surface area contributed by atoms with Crippen LogP contribution in [0.15, 0.2) is 18.2 Å². The van der Waals surface area contributed by atoms with E-state index in [1.54, 1.807) is 0 Å². The van der Waals surface area contributed by atoms with Crippen molar-refractivity contribution >= 4 is 0 Å². The van der Waals surface area contributed by atoms with Crippen LogP contribution in [-0.4, -0.2) is 29.5 Å². The summed E-state index contributed by atoms with van der Waals surface area (Å²) in [5.74, 6) is 2.63. The molecule has 0 aliphatic heterocycles. The van der Waals surface area contributed by atoms with Gasteiger partial charge in [-0.1, -0.05) is 13.0 Å². The van der Waals surface area contributed by atoms with E-state index in [0.717, 1.165) is 38.9 Å². The van der Waals surface area contributed by atoms with Crippen LogP contribution >= 0.6 is 0 Å². The average Bonchev–Trinajstić information content (AvgIpc) is 2.87. The molecule has 132 valence electrons. The van der Waals surface area contributed by atoms with Crippen LogP contribution in [0.1, 0.15) is 56.6 Å². The minimum atomic E-state index is -0.159. The second-order valence-corrected chi connectivity index (χ2v) is 8.44. The molecular weight excluding hydrogens is 300 g/mol. The molecule has 2 N–H and O–H groups in total. The number of rotatable bonds is 3. The number of hydrogen-bond acceptors (Lipinski definition) is 3. The minimum absolute atomic E-state index is 0.0529. The Morgan fingerprint density at radius 1 is 1.25 bits per heavy atom. The van der Waals surface area contributed by atoms with E-state index in [4.69, 9.17) is 4.74 Å². The molecule has 0 heterocycles. The Morgan fingerprint density at radius 3 is 2.88 bits per heavy atom. The number of fused-ring (bicyclic) bond motifs is 5. The maximum atomic E-state index is 10.7. The molecular formula is C21H30O3. The largest absolute Gasteiger partial charge is 0.508 e. The molecule has 0 amide bonds. The van der Waals surface area contributed by atoms with Crippen molar-refractivity contribution in [3.63, 3.8) is 0 Å². The maximum absolute atomic E-state index is 10.7. The summed E-state index contributed by atoms with van der Waals surface area (Å²) in [5, 5.41) is 20.5. The van der Waals surface area contributed by atoms with Gasteiger partial charge in [0.15, 0.2) is 0 Å². The highest BCUT2D eigenvalue weighted by atomic mass is 16.5. The highest BCUT2D eigenvalue weighted by Crippen LogP contribution is 2.62. The van der Waals surface area contributed by atoms with E-state index in [9.17, 15) is 10.2 Å². The summed E-state index contributed by atoms with van der Waals surface area (Å²) in [6.45, 7) is 5.91. The number of aryl methyl sites for hydroxylation is 1. The maximum Gasteiger partial charge on any atom is 0.115 e. The summed E-state index contributed by atoms with van der Waals surface area (Å²) in [4.78, 5) is 0. The van der Waals surface area contributed by atoms with Crippen molar-refractivity contribution in [2.24, 2.45) is 23.2 Å². The highest BCUT2D eigenvalue weighted by molar-refractivity contribution is 5.40. The molecule has 0 bridgehead atoms. The minimum Gasteiger partial charge on any atom is -0.508 e. The van der Waals surface area contributed by atoms with Gasteiger partial charge in [-0.2, -0.15) is 0 Å². The fourth-order valence-corrected chi connectivity index (χ4v) is 6.28. The van der Waals surface area contributed by atoms with E-state index < -0.39 is 0 Å². The molecule has 3 heteroatoms. The normalized spacial score (nSPS) is 40.7. The Bertz CT molecular complexity index is 613. The topological polar surface area (TPSA) is 49.7 Å². The number of aliphatic hydroxyl groups excluding tert-OH is 1. The first-order valence-electron chi connectivity index (χ1n) is 9.62. The van der Waals surface area contributed by atoms with E-state index in [-0.39, 0.29) is 11.5 Å². The van der Waals surface area contributed by atoms with Crippen molar-refractivity contribution in [3.8, 4) is 5.75 Å². The number of phenols is 1. The lowest BCUT2D eigenvalue weighted by Gasteiger charge is -2.53. The quantitative estimate of drug-likeness (QED) is 0.884. The summed E-state index contributed by atoms with van der Waals surface area (Å²) in [7, 11) is 0. The Hall–Kier alpha value is -1.06. The fraction of sp³-hybridized carbons (Fsp3) is 0.714. The van der Waals surface area contributed by atoms with Crippen LogP contribution in [0.3, 0.4) is 0 Å². The van der Waals surface area contributed by atoms with Gasteiger partial charge in [-0.05, 0) is 91.4 Å². The predicted octanol–water partition coefficient (Wildman–Crippen LogP) is 3.87. The lowest BCUT2D eigenvalue weighted by atomic mass is 9.52. The van der Waals surface area contributed by atoms with Gasteiger partial charge in [0.25, 0.3) is 0 Å². The van der Waals surface area contributed by atoms with Crippen LogP contribution in [0.2, 0.25) is 0 Å². The zero-order valence-electron chi connectivity index (χ0n) is 14.9. The summed E-state index contributed by atoms with van der Waals surface area (Å²) in [6.07, 6.45) is 5.24. The van der Waals surface area contributed by atoms with E-state index in [1.165, 1.54) is 17.5 Å². The van der Waals surface area contributed by atoms with Gasteiger partial charge in [0, 0.05) is 13.2 Å². The zero-order chi connectivity index (χ0) is 16.9. The van der Waals surface area contributed by atoms with E-state index in [0.29, 0.717) is 29.4 Å². The smallest absolute Gasteiger partial charge is 0.115 e. The first-order chi connectivity index (χ1) is 11.5. The van der Waals surface area contributed by atoms with Gasteiger partial charge in [0.1, 0.15) is 5.75 Å². The first-order valence-corrected chi connectivity index (χ1v) is 9.62. The van der Waals surface area contributed by atoms with Crippen LogP contribution in [0, 0.1) is 23.2 Å². The van der Waals surface area contributed by atoms with E-state index in [2.05, 4.69) is 19.9 Å². The molecule has 3 nitrogen and oxygen atoms in total. The van der Waals surface area contributed by atoms with Crippen LogP contribution < -0.4 is 0 Å². The Balaban J connectivity index is 1.74. The average molecular weight is 330 g/mol. The summed E-state index contributed by atoms with van der Waals surface area (Å²) >= 11 is 0.